The van der Waals surface area contributed by atoms with Crippen LogP contribution in [-0.2, 0) is 0 Å². The number of hydrogen-bond acceptors (Lipinski definition) is 4. The second-order valence-electron chi connectivity index (χ2n) is 5.35. The lowest BCUT2D eigenvalue weighted by Gasteiger charge is -2.41. The fourth-order valence-corrected chi connectivity index (χ4v) is 2.85. The van der Waals surface area contributed by atoms with Gasteiger partial charge in [0.25, 0.3) is 0 Å². The molecule has 1 aromatic rings. The van der Waals surface area contributed by atoms with Crippen LogP contribution < -0.4 is 19.7 Å². The van der Waals surface area contributed by atoms with Gasteiger partial charge in [-0.3, -0.25) is 0 Å². The van der Waals surface area contributed by atoms with Crippen molar-refractivity contribution in [1.82, 2.24) is 5.32 Å². The summed E-state index contributed by atoms with van der Waals surface area (Å²) < 4.78 is 11.3. The van der Waals surface area contributed by atoms with Crippen LogP contribution in [0.1, 0.15) is 20.3 Å². The van der Waals surface area contributed by atoms with E-state index in [4.69, 9.17) is 9.47 Å². The molecule has 1 saturated heterocycles. The van der Waals surface area contributed by atoms with Crippen molar-refractivity contribution < 1.29 is 9.47 Å². The normalized spacial score (nSPS) is 26.3. The van der Waals surface area contributed by atoms with Crippen LogP contribution in [0.3, 0.4) is 0 Å². The van der Waals surface area contributed by atoms with Crippen LogP contribution in [0, 0.1) is 0 Å². The van der Waals surface area contributed by atoms with E-state index in [2.05, 4.69) is 36.2 Å². The molecule has 1 aromatic carbocycles. The van der Waals surface area contributed by atoms with Crippen molar-refractivity contribution in [2.24, 2.45) is 0 Å². The van der Waals surface area contributed by atoms with Gasteiger partial charge in [0.05, 0.1) is 0 Å². The molecule has 2 heterocycles. The lowest BCUT2D eigenvalue weighted by Crippen LogP contribution is -2.55. The second-order valence-corrected chi connectivity index (χ2v) is 5.35. The minimum absolute atomic E-state index is 0.524. The van der Waals surface area contributed by atoms with Gasteiger partial charge in [0, 0.05) is 36.9 Å². The van der Waals surface area contributed by atoms with Crippen molar-refractivity contribution in [2.45, 2.75) is 32.4 Å². The molecule has 1 N–H and O–H groups in total. The van der Waals surface area contributed by atoms with Crippen LogP contribution in [0.5, 0.6) is 11.5 Å². The zero-order valence-electron chi connectivity index (χ0n) is 11.7. The summed E-state index contributed by atoms with van der Waals surface area (Å²) in [5.74, 6) is 1.75. The molecule has 0 aliphatic carbocycles. The minimum atomic E-state index is 0.524. The molecule has 2 unspecified atom stereocenters. The van der Waals surface area contributed by atoms with E-state index in [-0.39, 0.29) is 0 Å². The number of piperazine rings is 1. The van der Waals surface area contributed by atoms with Gasteiger partial charge >= 0.3 is 0 Å². The van der Waals surface area contributed by atoms with Gasteiger partial charge in [-0.15, -0.1) is 0 Å². The van der Waals surface area contributed by atoms with Gasteiger partial charge < -0.3 is 19.7 Å². The second kappa shape index (κ2) is 5.29. The van der Waals surface area contributed by atoms with Gasteiger partial charge in [-0.25, -0.2) is 0 Å². The average molecular weight is 262 g/mol. The molecule has 4 nitrogen and oxygen atoms in total. The van der Waals surface area contributed by atoms with Crippen LogP contribution in [0.2, 0.25) is 0 Å². The highest BCUT2D eigenvalue weighted by Gasteiger charge is 2.25. The van der Waals surface area contributed by atoms with E-state index in [1.165, 1.54) is 5.69 Å². The Morgan fingerprint density at radius 1 is 1.26 bits per heavy atom. The summed E-state index contributed by atoms with van der Waals surface area (Å²) in [6.45, 7) is 7.86. The monoisotopic (exact) mass is 262 g/mol. The molecule has 104 valence electrons. The summed E-state index contributed by atoms with van der Waals surface area (Å²) in [6.07, 6.45) is 1.15. The number of nitrogens with one attached hydrogen (secondary N) is 1. The molecule has 4 heteroatoms. The van der Waals surface area contributed by atoms with E-state index in [1.54, 1.807) is 0 Å². The molecule has 2 aliphatic heterocycles. The average Bonchev–Trinajstić information content (AvgIpc) is 2.46. The molecule has 0 amide bonds. The van der Waals surface area contributed by atoms with E-state index in [9.17, 15) is 0 Å². The third kappa shape index (κ3) is 2.50. The van der Waals surface area contributed by atoms with E-state index in [0.29, 0.717) is 25.3 Å². The van der Waals surface area contributed by atoms with Crippen molar-refractivity contribution in [2.75, 3.05) is 31.2 Å². The highest BCUT2D eigenvalue weighted by Crippen LogP contribution is 2.35. The van der Waals surface area contributed by atoms with E-state index in [0.717, 1.165) is 31.0 Å². The third-order valence-electron chi connectivity index (χ3n) is 3.94. The van der Waals surface area contributed by atoms with E-state index in [1.807, 2.05) is 6.07 Å². The highest BCUT2D eigenvalue weighted by atomic mass is 16.6. The molecule has 0 radical (unpaired) electrons. The molecule has 0 bridgehead atoms. The van der Waals surface area contributed by atoms with Gasteiger partial charge in [0.15, 0.2) is 11.5 Å². The summed E-state index contributed by atoms with van der Waals surface area (Å²) in [5, 5.41) is 3.55. The van der Waals surface area contributed by atoms with Crippen LogP contribution in [0.4, 0.5) is 5.69 Å². The van der Waals surface area contributed by atoms with Crippen molar-refractivity contribution >= 4 is 5.69 Å². The molecule has 0 spiro atoms. The predicted octanol–water partition coefficient (Wildman–Crippen LogP) is 2.03. The Balaban J connectivity index is 1.87. The van der Waals surface area contributed by atoms with Crippen LogP contribution in [0.15, 0.2) is 18.2 Å². The van der Waals surface area contributed by atoms with Gasteiger partial charge in [0.2, 0.25) is 0 Å². The summed E-state index contributed by atoms with van der Waals surface area (Å²) in [4.78, 5) is 2.49. The van der Waals surface area contributed by atoms with E-state index < -0.39 is 0 Å². The third-order valence-corrected chi connectivity index (χ3v) is 3.94. The lowest BCUT2D eigenvalue weighted by atomic mass is 10.1. The summed E-state index contributed by atoms with van der Waals surface area (Å²) >= 11 is 0. The molecular weight excluding hydrogens is 240 g/mol. The van der Waals surface area contributed by atoms with Gasteiger partial charge in [-0.05, 0) is 25.5 Å². The first kappa shape index (κ1) is 12.6. The van der Waals surface area contributed by atoms with Gasteiger partial charge in [0.1, 0.15) is 13.2 Å². The molecule has 2 atom stereocenters. The fraction of sp³-hybridized carbons (Fsp3) is 0.600. The number of anilines is 1. The number of fused-ring (bicyclic) bond motifs is 1. The fourth-order valence-electron chi connectivity index (χ4n) is 2.85. The Labute approximate surface area is 114 Å². The van der Waals surface area contributed by atoms with Crippen molar-refractivity contribution in [3.8, 4) is 11.5 Å². The van der Waals surface area contributed by atoms with E-state index >= 15 is 0 Å². The molecule has 3 rings (SSSR count). The molecule has 2 aliphatic rings. The maximum atomic E-state index is 5.68. The Morgan fingerprint density at radius 3 is 2.84 bits per heavy atom. The first-order chi connectivity index (χ1) is 9.28. The number of hydrogen-bond donors (Lipinski definition) is 1. The zero-order chi connectivity index (χ0) is 13.2. The van der Waals surface area contributed by atoms with Crippen LogP contribution in [-0.4, -0.2) is 38.4 Å². The lowest BCUT2D eigenvalue weighted by molar-refractivity contribution is 0.171. The number of benzene rings is 1. The first-order valence-electron chi connectivity index (χ1n) is 7.17. The summed E-state index contributed by atoms with van der Waals surface area (Å²) in [7, 11) is 0. The standard InChI is InChI=1S/C15H22N2O2/c1-3-12-9-16-11(2)10-17(12)13-4-5-14-15(8-13)19-7-6-18-14/h4-5,8,11-12,16H,3,6-7,9-10H2,1-2H3. The first-order valence-corrected chi connectivity index (χ1v) is 7.17. The molecule has 0 aromatic heterocycles. The van der Waals surface area contributed by atoms with Crippen molar-refractivity contribution in [3.05, 3.63) is 18.2 Å². The maximum absolute atomic E-state index is 5.68. The Bertz CT molecular complexity index is 450. The summed E-state index contributed by atoms with van der Waals surface area (Å²) in [6, 6.07) is 7.38. The quantitative estimate of drug-likeness (QED) is 0.884. The number of ether oxygens (including phenoxy) is 2. The Hall–Kier alpha value is -1.42. The maximum Gasteiger partial charge on any atom is 0.163 e. The van der Waals surface area contributed by atoms with Crippen molar-refractivity contribution in [3.63, 3.8) is 0 Å². The SMILES string of the molecule is CCC1CNC(C)CN1c1ccc2c(c1)OCCO2. The predicted molar refractivity (Wildman–Crippen MR) is 76.3 cm³/mol. The smallest absolute Gasteiger partial charge is 0.163 e. The van der Waals surface area contributed by atoms with Crippen molar-refractivity contribution in [1.29, 1.82) is 0 Å². The zero-order valence-corrected chi connectivity index (χ0v) is 11.7. The summed E-state index contributed by atoms with van der Waals surface area (Å²) in [5.41, 5.74) is 1.24. The highest BCUT2D eigenvalue weighted by molar-refractivity contribution is 5.57. The van der Waals surface area contributed by atoms with Gasteiger partial charge in [-0.1, -0.05) is 6.92 Å². The molecular formula is C15H22N2O2. The Morgan fingerprint density at radius 2 is 2.05 bits per heavy atom. The topological polar surface area (TPSA) is 33.7 Å². The van der Waals surface area contributed by atoms with Gasteiger partial charge in [-0.2, -0.15) is 0 Å². The van der Waals surface area contributed by atoms with Crippen LogP contribution >= 0.6 is 0 Å². The molecule has 19 heavy (non-hydrogen) atoms. The Kier molecular flexibility index (Phi) is 3.51. The largest absolute Gasteiger partial charge is 0.486 e. The van der Waals surface area contributed by atoms with Crippen LogP contribution in [0.25, 0.3) is 0 Å². The minimum Gasteiger partial charge on any atom is -0.486 e. The molecule has 1 fully saturated rings. The number of rotatable bonds is 2. The number of nitrogens with zero attached hydrogens (tertiary/aromatic N) is 1. The molecule has 0 saturated carbocycles.